The van der Waals surface area contributed by atoms with E-state index in [1.807, 2.05) is 52.0 Å². The molecule has 0 saturated carbocycles. The maximum absolute atomic E-state index is 14.2. The van der Waals surface area contributed by atoms with Gasteiger partial charge in [0, 0.05) is 12.2 Å². The molecule has 0 aromatic heterocycles. The number of unbranched alkanes of at least 4 members (excludes halogenated alkanes) is 1. The van der Waals surface area contributed by atoms with E-state index in [-0.39, 0.29) is 17.7 Å². The first-order valence-electron chi connectivity index (χ1n) is 13.7. The SMILES string of the molecule is CCCCN(C(=O)C(NC(=O)OC(C)(C)C)C(C)CC)C(C(=O)Nc1ccc(OC)cc1)c1ccc(C)cc1. The molecule has 0 aliphatic carbocycles. The van der Waals surface area contributed by atoms with Crippen LogP contribution in [-0.4, -0.2) is 48.1 Å². The number of hydrogen-bond acceptors (Lipinski definition) is 5. The highest BCUT2D eigenvalue weighted by Crippen LogP contribution is 2.27. The fourth-order valence-electron chi connectivity index (χ4n) is 4.10. The molecule has 3 unspecified atom stereocenters. The van der Waals surface area contributed by atoms with Gasteiger partial charge >= 0.3 is 6.09 Å². The molecule has 214 valence electrons. The number of methoxy groups -OCH3 is 1. The molecule has 0 spiro atoms. The van der Waals surface area contributed by atoms with Crippen LogP contribution in [0.15, 0.2) is 48.5 Å². The van der Waals surface area contributed by atoms with Crippen molar-refractivity contribution in [3.8, 4) is 5.75 Å². The van der Waals surface area contributed by atoms with Crippen LogP contribution in [-0.2, 0) is 14.3 Å². The summed E-state index contributed by atoms with van der Waals surface area (Å²) in [4.78, 5) is 42.5. The van der Waals surface area contributed by atoms with Crippen molar-refractivity contribution in [3.05, 3.63) is 59.7 Å². The van der Waals surface area contributed by atoms with Gasteiger partial charge in [-0.2, -0.15) is 0 Å². The lowest BCUT2D eigenvalue weighted by atomic mass is 9.95. The van der Waals surface area contributed by atoms with Crippen LogP contribution in [0.5, 0.6) is 5.75 Å². The molecule has 2 aromatic carbocycles. The summed E-state index contributed by atoms with van der Waals surface area (Å²) < 4.78 is 10.7. The van der Waals surface area contributed by atoms with Crippen LogP contribution in [0.25, 0.3) is 0 Å². The molecule has 0 fully saturated rings. The van der Waals surface area contributed by atoms with Crippen molar-refractivity contribution < 1.29 is 23.9 Å². The zero-order valence-corrected chi connectivity index (χ0v) is 24.7. The Morgan fingerprint density at radius 2 is 1.59 bits per heavy atom. The summed E-state index contributed by atoms with van der Waals surface area (Å²) in [6.07, 6.45) is 1.52. The van der Waals surface area contributed by atoms with Crippen molar-refractivity contribution >= 4 is 23.6 Å². The van der Waals surface area contributed by atoms with Gasteiger partial charge in [-0.3, -0.25) is 9.59 Å². The van der Waals surface area contributed by atoms with Crippen molar-refractivity contribution in [3.63, 3.8) is 0 Å². The molecule has 0 aliphatic heterocycles. The number of alkyl carbamates (subject to hydrolysis) is 1. The third-order valence-corrected chi connectivity index (χ3v) is 6.50. The Morgan fingerprint density at radius 1 is 0.974 bits per heavy atom. The van der Waals surface area contributed by atoms with Crippen LogP contribution in [0, 0.1) is 12.8 Å². The highest BCUT2D eigenvalue weighted by Gasteiger charge is 2.38. The third-order valence-electron chi connectivity index (χ3n) is 6.50. The van der Waals surface area contributed by atoms with Crippen LogP contribution in [0.3, 0.4) is 0 Å². The topological polar surface area (TPSA) is 97.0 Å². The average molecular weight is 540 g/mol. The molecular weight excluding hydrogens is 494 g/mol. The van der Waals surface area contributed by atoms with Gasteiger partial charge < -0.3 is 25.0 Å². The van der Waals surface area contributed by atoms with Crippen molar-refractivity contribution in [2.45, 2.75) is 85.4 Å². The van der Waals surface area contributed by atoms with E-state index in [9.17, 15) is 14.4 Å². The first-order valence-corrected chi connectivity index (χ1v) is 13.7. The normalized spacial score (nSPS) is 13.5. The summed E-state index contributed by atoms with van der Waals surface area (Å²) in [5, 5.41) is 5.77. The minimum atomic E-state index is -0.904. The number of amides is 3. The molecule has 0 bridgehead atoms. The average Bonchev–Trinajstić information content (AvgIpc) is 2.89. The van der Waals surface area contributed by atoms with E-state index in [1.165, 1.54) is 0 Å². The first-order chi connectivity index (χ1) is 18.4. The quantitative estimate of drug-likeness (QED) is 0.332. The van der Waals surface area contributed by atoms with Gasteiger partial charge in [0.15, 0.2) is 0 Å². The zero-order valence-electron chi connectivity index (χ0n) is 24.7. The van der Waals surface area contributed by atoms with Gasteiger partial charge in [-0.25, -0.2) is 4.79 Å². The minimum Gasteiger partial charge on any atom is -0.497 e. The molecule has 0 radical (unpaired) electrons. The lowest BCUT2D eigenvalue weighted by molar-refractivity contribution is -0.142. The monoisotopic (exact) mass is 539 g/mol. The summed E-state index contributed by atoms with van der Waals surface area (Å²) >= 11 is 0. The van der Waals surface area contributed by atoms with Gasteiger partial charge in [0.2, 0.25) is 5.91 Å². The molecule has 2 N–H and O–H groups in total. The maximum atomic E-state index is 14.2. The fourth-order valence-corrected chi connectivity index (χ4v) is 4.10. The zero-order chi connectivity index (χ0) is 29.2. The van der Waals surface area contributed by atoms with E-state index < -0.39 is 23.8 Å². The minimum absolute atomic E-state index is 0.183. The molecule has 3 atom stereocenters. The third kappa shape index (κ3) is 9.61. The van der Waals surface area contributed by atoms with Gasteiger partial charge in [0.25, 0.3) is 5.91 Å². The number of carbonyl (C=O) groups excluding carboxylic acids is 3. The Balaban J connectivity index is 2.51. The first kappa shape index (κ1) is 31.7. The lowest BCUT2D eigenvalue weighted by Gasteiger charge is -2.36. The van der Waals surface area contributed by atoms with Crippen LogP contribution < -0.4 is 15.4 Å². The van der Waals surface area contributed by atoms with Gasteiger partial charge in [-0.15, -0.1) is 0 Å². The molecule has 0 saturated heterocycles. The lowest BCUT2D eigenvalue weighted by Crippen LogP contribution is -2.55. The van der Waals surface area contributed by atoms with Crippen LogP contribution in [0.1, 0.15) is 78.0 Å². The summed E-state index contributed by atoms with van der Waals surface area (Å²) in [7, 11) is 1.58. The summed E-state index contributed by atoms with van der Waals surface area (Å²) in [5.74, 6) is -0.169. The number of rotatable bonds is 12. The number of aryl methyl sites for hydroxylation is 1. The second kappa shape index (κ2) is 14.6. The molecule has 0 heterocycles. The summed E-state index contributed by atoms with van der Waals surface area (Å²) in [5.41, 5.74) is 1.61. The number of hydrogen-bond donors (Lipinski definition) is 2. The van der Waals surface area contributed by atoms with Crippen molar-refractivity contribution in [1.82, 2.24) is 10.2 Å². The largest absolute Gasteiger partial charge is 0.497 e. The highest BCUT2D eigenvalue weighted by atomic mass is 16.6. The molecule has 2 rings (SSSR count). The van der Waals surface area contributed by atoms with E-state index >= 15 is 0 Å². The Kier molecular flexibility index (Phi) is 11.8. The second-order valence-corrected chi connectivity index (χ2v) is 10.9. The van der Waals surface area contributed by atoms with Gasteiger partial charge in [0.05, 0.1) is 7.11 Å². The van der Waals surface area contributed by atoms with Crippen molar-refractivity contribution in [2.75, 3.05) is 19.0 Å². The molecule has 0 aliphatic rings. The molecule has 2 aromatic rings. The predicted molar refractivity (Wildman–Crippen MR) is 155 cm³/mol. The van der Waals surface area contributed by atoms with E-state index in [4.69, 9.17) is 9.47 Å². The van der Waals surface area contributed by atoms with Gasteiger partial charge in [-0.1, -0.05) is 63.4 Å². The van der Waals surface area contributed by atoms with Gasteiger partial charge in [0.1, 0.15) is 23.4 Å². The Hall–Kier alpha value is -3.55. The standard InChI is InChI=1S/C31H45N3O5/c1-9-11-20-34(29(36)26(22(4)10-2)33-30(37)39-31(5,6)7)27(23-14-12-21(3)13-15-23)28(35)32-24-16-18-25(38-8)19-17-24/h12-19,22,26-27H,9-11,20H2,1-8H3,(H,32,35)(H,33,37). The number of nitrogens with one attached hydrogen (secondary N) is 2. The van der Waals surface area contributed by atoms with E-state index in [0.29, 0.717) is 36.4 Å². The van der Waals surface area contributed by atoms with Crippen molar-refractivity contribution in [1.29, 1.82) is 0 Å². The number of nitrogens with zero attached hydrogens (tertiary/aromatic N) is 1. The number of carbonyl (C=O) groups is 3. The Morgan fingerprint density at radius 3 is 2.10 bits per heavy atom. The smallest absolute Gasteiger partial charge is 0.408 e. The van der Waals surface area contributed by atoms with E-state index in [1.54, 1.807) is 57.0 Å². The van der Waals surface area contributed by atoms with Crippen LogP contribution in [0.4, 0.5) is 10.5 Å². The Labute approximate surface area is 233 Å². The van der Waals surface area contributed by atoms with E-state index in [2.05, 4.69) is 10.6 Å². The van der Waals surface area contributed by atoms with Gasteiger partial charge in [-0.05, 0) is 69.9 Å². The van der Waals surface area contributed by atoms with Crippen LogP contribution >= 0.6 is 0 Å². The van der Waals surface area contributed by atoms with E-state index in [0.717, 1.165) is 12.0 Å². The molecule has 39 heavy (non-hydrogen) atoms. The number of ether oxygens (including phenoxy) is 2. The molecule has 8 heteroatoms. The second-order valence-electron chi connectivity index (χ2n) is 10.9. The maximum Gasteiger partial charge on any atom is 0.408 e. The molecule has 3 amide bonds. The predicted octanol–water partition coefficient (Wildman–Crippen LogP) is 6.25. The highest BCUT2D eigenvalue weighted by molar-refractivity contribution is 5.99. The molecule has 8 nitrogen and oxygen atoms in total. The summed E-state index contributed by atoms with van der Waals surface area (Å²) in [6.45, 7) is 13.6. The molecular formula is C31H45N3O5. The Bertz CT molecular complexity index is 1080. The van der Waals surface area contributed by atoms with Crippen molar-refractivity contribution in [2.24, 2.45) is 5.92 Å². The van der Waals surface area contributed by atoms with Crippen LogP contribution in [0.2, 0.25) is 0 Å². The number of anilines is 1. The fraction of sp³-hybridized carbons (Fsp3) is 0.516. The number of benzene rings is 2. The summed E-state index contributed by atoms with van der Waals surface area (Å²) in [6, 6.07) is 12.9.